The lowest BCUT2D eigenvalue weighted by atomic mass is 10.1. The zero-order valence-corrected chi connectivity index (χ0v) is 14.2. The highest BCUT2D eigenvalue weighted by molar-refractivity contribution is 9.10. The molecule has 0 aliphatic carbocycles. The van der Waals surface area contributed by atoms with Crippen molar-refractivity contribution in [3.63, 3.8) is 0 Å². The van der Waals surface area contributed by atoms with Crippen LogP contribution in [0.5, 0.6) is 0 Å². The van der Waals surface area contributed by atoms with Gasteiger partial charge in [0.1, 0.15) is 17.9 Å². The van der Waals surface area contributed by atoms with Crippen molar-refractivity contribution in [3.8, 4) is 11.3 Å². The summed E-state index contributed by atoms with van der Waals surface area (Å²) in [4.78, 5) is 3.55. The predicted molar refractivity (Wildman–Crippen MR) is 93.2 cm³/mol. The number of hydrogen-bond acceptors (Lipinski definition) is 1. The van der Waals surface area contributed by atoms with Crippen molar-refractivity contribution in [1.29, 1.82) is 0 Å². The molecule has 3 heteroatoms. The van der Waals surface area contributed by atoms with Crippen molar-refractivity contribution < 1.29 is 9.41 Å². The van der Waals surface area contributed by atoms with Gasteiger partial charge in [-0.05, 0) is 18.2 Å². The lowest BCUT2D eigenvalue weighted by Crippen LogP contribution is -2.76. The fourth-order valence-corrected chi connectivity index (χ4v) is 2.81. The highest BCUT2D eigenvalue weighted by atomic mass is 79.9. The van der Waals surface area contributed by atoms with Crippen LogP contribution < -0.4 is 10.3 Å². The number of benzene rings is 2. The third kappa shape index (κ3) is 3.30. The first-order valence-electron chi connectivity index (χ1n) is 7.63. The number of halogens is 1. The first-order valence-corrected chi connectivity index (χ1v) is 8.43. The van der Waals surface area contributed by atoms with E-state index >= 15 is 0 Å². The van der Waals surface area contributed by atoms with Crippen LogP contribution in [-0.2, 0) is 0 Å². The molecule has 0 saturated carbocycles. The molecule has 0 bridgehead atoms. The smallest absolute Gasteiger partial charge is 0.213 e. The second-order valence-corrected chi connectivity index (χ2v) is 6.23. The molecule has 112 valence electrons. The van der Waals surface area contributed by atoms with Crippen molar-refractivity contribution in [1.82, 2.24) is 0 Å². The summed E-state index contributed by atoms with van der Waals surface area (Å²) < 4.78 is 7.15. The molecule has 0 aliphatic rings. The normalized spacial score (nSPS) is 12.0. The number of rotatable bonds is 4. The van der Waals surface area contributed by atoms with Crippen LogP contribution >= 0.6 is 15.9 Å². The minimum Gasteiger partial charge on any atom is -0.456 e. The van der Waals surface area contributed by atoms with Crippen molar-refractivity contribution >= 4 is 26.9 Å². The Hall–Kier alpha value is -1.87. The van der Waals surface area contributed by atoms with Crippen LogP contribution in [0.15, 0.2) is 63.5 Å². The van der Waals surface area contributed by atoms with Crippen LogP contribution in [-0.4, -0.2) is 6.54 Å². The van der Waals surface area contributed by atoms with Gasteiger partial charge in [0, 0.05) is 16.5 Å². The van der Waals surface area contributed by atoms with Gasteiger partial charge < -0.3 is 4.42 Å². The minimum absolute atomic E-state index is 0.884. The Morgan fingerprint density at radius 2 is 1.86 bits per heavy atom. The van der Waals surface area contributed by atoms with E-state index < -0.39 is 0 Å². The summed E-state index contributed by atoms with van der Waals surface area (Å²) in [6, 6.07) is 18.4. The van der Waals surface area contributed by atoms with Crippen molar-refractivity contribution in [2.75, 3.05) is 6.54 Å². The summed E-state index contributed by atoms with van der Waals surface area (Å²) in [7, 11) is 0. The Kier molecular flexibility index (Phi) is 4.74. The van der Waals surface area contributed by atoms with Gasteiger partial charge in [-0.2, -0.15) is 0 Å². The molecule has 2 aromatic carbocycles. The molecule has 1 N–H and O–H groups in total. The fourth-order valence-electron chi connectivity index (χ4n) is 2.45. The Labute approximate surface area is 138 Å². The Bertz CT molecular complexity index is 837. The molecule has 3 aromatic rings. The molecule has 1 heterocycles. The summed E-state index contributed by atoms with van der Waals surface area (Å²) in [6.07, 6.45) is 2.33. The molecule has 0 spiro atoms. The van der Waals surface area contributed by atoms with E-state index in [4.69, 9.17) is 4.42 Å². The summed E-state index contributed by atoms with van der Waals surface area (Å²) >= 11 is 3.54. The molecule has 2 nitrogen and oxygen atoms in total. The number of unbranched alkanes of at least 4 members (excludes halogenated alkanes) is 1. The molecule has 0 unspecified atom stereocenters. The zero-order chi connectivity index (χ0) is 15.4. The first-order chi connectivity index (χ1) is 10.8. The highest BCUT2D eigenvalue weighted by Gasteiger charge is 2.09. The summed E-state index contributed by atoms with van der Waals surface area (Å²) in [5.41, 5.74) is 1.98. The zero-order valence-electron chi connectivity index (χ0n) is 12.6. The SMILES string of the molecule is CCCC[NH+]=c1cc(-c2ccccc2)oc2ccc(Br)cc12. The van der Waals surface area contributed by atoms with E-state index in [1.807, 2.05) is 30.3 Å². The topological polar surface area (TPSA) is 27.1 Å². The van der Waals surface area contributed by atoms with E-state index in [9.17, 15) is 0 Å². The van der Waals surface area contributed by atoms with E-state index in [1.54, 1.807) is 0 Å². The molecule has 0 atom stereocenters. The van der Waals surface area contributed by atoms with Crippen molar-refractivity contribution in [3.05, 3.63) is 64.4 Å². The van der Waals surface area contributed by atoms with Crippen LogP contribution in [0.1, 0.15) is 19.8 Å². The largest absolute Gasteiger partial charge is 0.456 e. The predicted octanol–water partition coefficient (Wildman–Crippen LogP) is 3.64. The van der Waals surface area contributed by atoms with E-state index in [1.165, 1.54) is 6.42 Å². The third-order valence-corrected chi connectivity index (χ3v) is 4.12. The number of nitrogens with one attached hydrogen (secondary N) is 1. The standard InChI is InChI=1S/C19H18BrNO/c1-2-3-11-21-17-13-19(14-7-5-4-6-8-14)22-18-10-9-15(20)12-16(17)18/h4-10,12-13H,2-3,11H2,1H3/p+1. The van der Waals surface area contributed by atoms with Gasteiger partial charge in [-0.3, -0.25) is 0 Å². The molecular weight excluding hydrogens is 338 g/mol. The second-order valence-electron chi connectivity index (χ2n) is 5.31. The lowest BCUT2D eigenvalue weighted by Gasteiger charge is -2.03. The molecular formula is C19H19BrNO+. The van der Waals surface area contributed by atoms with Gasteiger partial charge in [0.15, 0.2) is 0 Å². The van der Waals surface area contributed by atoms with E-state index in [2.05, 4.69) is 52.1 Å². The van der Waals surface area contributed by atoms with Gasteiger partial charge in [0.2, 0.25) is 5.36 Å². The fraction of sp³-hybridized carbons (Fsp3) is 0.211. The van der Waals surface area contributed by atoms with Crippen LogP contribution in [0.25, 0.3) is 22.3 Å². The average Bonchev–Trinajstić information content (AvgIpc) is 2.56. The van der Waals surface area contributed by atoms with Crippen molar-refractivity contribution in [2.24, 2.45) is 0 Å². The Morgan fingerprint density at radius 3 is 2.64 bits per heavy atom. The number of hydrogen-bond donors (Lipinski definition) is 1. The van der Waals surface area contributed by atoms with Crippen LogP contribution in [0.3, 0.4) is 0 Å². The van der Waals surface area contributed by atoms with Gasteiger partial charge >= 0.3 is 0 Å². The van der Waals surface area contributed by atoms with Gasteiger partial charge in [-0.15, -0.1) is 0 Å². The van der Waals surface area contributed by atoms with Gasteiger partial charge in [-0.25, -0.2) is 4.99 Å². The Morgan fingerprint density at radius 1 is 1.05 bits per heavy atom. The number of fused-ring (bicyclic) bond motifs is 1. The molecule has 1 aromatic heterocycles. The molecule has 0 amide bonds. The highest BCUT2D eigenvalue weighted by Crippen LogP contribution is 2.23. The quantitative estimate of drug-likeness (QED) is 0.709. The maximum absolute atomic E-state index is 6.09. The van der Waals surface area contributed by atoms with E-state index in [0.29, 0.717) is 0 Å². The van der Waals surface area contributed by atoms with E-state index in [0.717, 1.165) is 45.1 Å². The van der Waals surface area contributed by atoms with Crippen LogP contribution in [0, 0.1) is 0 Å². The maximum Gasteiger partial charge on any atom is 0.213 e. The van der Waals surface area contributed by atoms with Crippen LogP contribution in [0.4, 0.5) is 0 Å². The molecule has 0 radical (unpaired) electrons. The maximum atomic E-state index is 6.09. The van der Waals surface area contributed by atoms with E-state index in [-0.39, 0.29) is 0 Å². The van der Waals surface area contributed by atoms with Gasteiger partial charge in [-0.1, -0.05) is 59.6 Å². The molecule has 22 heavy (non-hydrogen) atoms. The minimum atomic E-state index is 0.884. The van der Waals surface area contributed by atoms with Gasteiger partial charge in [0.25, 0.3) is 0 Å². The molecule has 0 aliphatic heterocycles. The summed E-state index contributed by atoms with van der Waals surface area (Å²) in [5.74, 6) is 0.884. The average molecular weight is 357 g/mol. The van der Waals surface area contributed by atoms with Crippen LogP contribution in [0.2, 0.25) is 0 Å². The lowest BCUT2D eigenvalue weighted by molar-refractivity contribution is -0.499. The molecule has 0 fully saturated rings. The Balaban J connectivity index is 2.20. The third-order valence-electron chi connectivity index (χ3n) is 3.63. The second kappa shape index (κ2) is 6.93. The van der Waals surface area contributed by atoms with Crippen molar-refractivity contribution in [2.45, 2.75) is 19.8 Å². The summed E-state index contributed by atoms with van der Waals surface area (Å²) in [5, 5.41) is 2.22. The first kappa shape index (κ1) is 15.0. The van der Waals surface area contributed by atoms with Gasteiger partial charge in [0.05, 0.1) is 11.5 Å². The molecule has 3 rings (SSSR count). The monoisotopic (exact) mass is 356 g/mol. The summed E-state index contributed by atoms with van der Waals surface area (Å²) in [6.45, 7) is 3.17. The molecule has 0 saturated heterocycles.